The number of carbonyl (C=O) groups excluding carboxylic acids is 1. The quantitative estimate of drug-likeness (QED) is 0.594. The summed E-state index contributed by atoms with van der Waals surface area (Å²) < 4.78 is 10.2. The number of morpholine rings is 1. The topological polar surface area (TPSA) is 47.6 Å². The normalized spacial score (nSPS) is 29.8. The molecular weight excluding hydrogens is 158 g/mol. The summed E-state index contributed by atoms with van der Waals surface area (Å²) in [6.45, 7) is 5.49. The standard InChI is InChI=1S/C8H15NO3/c1-3-11-8(10)7-5-9-4-6(2)12-7/h6-7,9H,3-5H2,1-2H3/t6?,7-/m0/s1. The van der Waals surface area contributed by atoms with E-state index in [4.69, 9.17) is 9.47 Å². The predicted molar refractivity (Wildman–Crippen MR) is 43.8 cm³/mol. The molecule has 0 saturated carbocycles. The summed E-state index contributed by atoms with van der Waals surface area (Å²) in [6, 6.07) is 0. The number of nitrogens with one attached hydrogen (secondary N) is 1. The first kappa shape index (κ1) is 9.48. The highest BCUT2D eigenvalue weighted by Gasteiger charge is 2.26. The zero-order chi connectivity index (χ0) is 8.97. The molecule has 0 spiro atoms. The van der Waals surface area contributed by atoms with Crippen molar-refractivity contribution in [3.8, 4) is 0 Å². The van der Waals surface area contributed by atoms with Gasteiger partial charge in [0.2, 0.25) is 0 Å². The molecule has 12 heavy (non-hydrogen) atoms. The van der Waals surface area contributed by atoms with Crippen LogP contribution in [0.25, 0.3) is 0 Å². The highest BCUT2D eigenvalue weighted by Crippen LogP contribution is 2.04. The van der Waals surface area contributed by atoms with Crippen LogP contribution in [0.3, 0.4) is 0 Å². The lowest BCUT2D eigenvalue weighted by Crippen LogP contribution is -2.47. The Morgan fingerprint density at radius 2 is 2.42 bits per heavy atom. The number of esters is 1. The molecule has 1 heterocycles. The number of rotatable bonds is 2. The Morgan fingerprint density at radius 1 is 1.67 bits per heavy atom. The van der Waals surface area contributed by atoms with Gasteiger partial charge in [-0.1, -0.05) is 0 Å². The van der Waals surface area contributed by atoms with Crippen LogP contribution in [0.4, 0.5) is 0 Å². The summed E-state index contributed by atoms with van der Waals surface area (Å²) in [4.78, 5) is 11.2. The van der Waals surface area contributed by atoms with Crippen LogP contribution in [-0.2, 0) is 14.3 Å². The van der Waals surface area contributed by atoms with E-state index in [0.29, 0.717) is 13.2 Å². The van der Waals surface area contributed by atoms with Crippen molar-refractivity contribution in [1.82, 2.24) is 5.32 Å². The fraction of sp³-hybridized carbons (Fsp3) is 0.875. The van der Waals surface area contributed by atoms with Gasteiger partial charge < -0.3 is 14.8 Å². The molecular formula is C8H15NO3. The summed E-state index contributed by atoms with van der Waals surface area (Å²) in [6.07, 6.45) is -0.332. The fourth-order valence-corrected chi connectivity index (χ4v) is 1.17. The Labute approximate surface area is 72.2 Å². The summed E-state index contributed by atoms with van der Waals surface area (Å²) in [5, 5.41) is 3.10. The molecule has 1 rings (SSSR count). The Morgan fingerprint density at radius 3 is 3.00 bits per heavy atom. The number of carbonyl (C=O) groups is 1. The van der Waals surface area contributed by atoms with E-state index in [9.17, 15) is 4.79 Å². The van der Waals surface area contributed by atoms with Crippen molar-refractivity contribution in [3.63, 3.8) is 0 Å². The summed E-state index contributed by atoms with van der Waals surface area (Å²) in [5.74, 6) is -0.267. The summed E-state index contributed by atoms with van der Waals surface area (Å²) in [5.41, 5.74) is 0. The van der Waals surface area contributed by atoms with Crippen LogP contribution in [0.1, 0.15) is 13.8 Å². The van der Waals surface area contributed by atoms with Crippen molar-refractivity contribution >= 4 is 5.97 Å². The molecule has 0 bridgehead atoms. The molecule has 0 radical (unpaired) electrons. The summed E-state index contributed by atoms with van der Waals surface area (Å²) >= 11 is 0. The Hall–Kier alpha value is -0.610. The van der Waals surface area contributed by atoms with Crippen molar-refractivity contribution in [1.29, 1.82) is 0 Å². The highest BCUT2D eigenvalue weighted by atomic mass is 16.6. The Balaban J connectivity index is 2.35. The lowest BCUT2D eigenvalue weighted by atomic mass is 10.2. The average molecular weight is 173 g/mol. The van der Waals surface area contributed by atoms with E-state index in [0.717, 1.165) is 6.54 Å². The Bertz CT molecular complexity index is 160. The van der Waals surface area contributed by atoms with E-state index in [1.165, 1.54) is 0 Å². The first-order valence-corrected chi connectivity index (χ1v) is 4.27. The SMILES string of the molecule is CCOC(=O)[C@@H]1CNCC(C)O1. The molecule has 0 aromatic heterocycles. The third-order valence-corrected chi connectivity index (χ3v) is 1.71. The molecule has 1 fully saturated rings. The maximum atomic E-state index is 11.2. The van der Waals surface area contributed by atoms with E-state index in [-0.39, 0.29) is 12.1 Å². The predicted octanol–water partition coefficient (Wildman–Crippen LogP) is -0.0736. The number of hydrogen-bond donors (Lipinski definition) is 1. The van der Waals surface area contributed by atoms with Gasteiger partial charge in [-0.25, -0.2) is 4.79 Å². The lowest BCUT2D eigenvalue weighted by molar-refractivity contribution is -0.162. The smallest absolute Gasteiger partial charge is 0.336 e. The molecule has 4 nitrogen and oxygen atoms in total. The van der Waals surface area contributed by atoms with Crippen LogP contribution in [0.15, 0.2) is 0 Å². The van der Waals surface area contributed by atoms with Gasteiger partial charge in [-0.3, -0.25) is 0 Å². The number of ether oxygens (including phenoxy) is 2. The van der Waals surface area contributed by atoms with Gasteiger partial charge in [0.05, 0.1) is 12.7 Å². The molecule has 2 atom stereocenters. The second-order valence-electron chi connectivity index (χ2n) is 2.85. The monoisotopic (exact) mass is 173 g/mol. The van der Waals surface area contributed by atoms with Crippen LogP contribution in [-0.4, -0.2) is 37.9 Å². The van der Waals surface area contributed by atoms with Crippen molar-refractivity contribution in [2.24, 2.45) is 0 Å². The van der Waals surface area contributed by atoms with Crippen LogP contribution in [0.5, 0.6) is 0 Å². The van der Waals surface area contributed by atoms with Gasteiger partial charge in [-0.15, -0.1) is 0 Å². The minimum Gasteiger partial charge on any atom is -0.464 e. The van der Waals surface area contributed by atoms with Crippen molar-refractivity contribution in [2.75, 3.05) is 19.7 Å². The first-order chi connectivity index (χ1) is 5.74. The van der Waals surface area contributed by atoms with Crippen molar-refractivity contribution < 1.29 is 14.3 Å². The van der Waals surface area contributed by atoms with Gasteiger partial charge in [0, 0.05) is 13.1 Å². The molecule has 1 N–H and O–H groups in total. The maximum absolute atomic E-state index is 11.2. The molecule has 1 aliphatic heterocycles. The zero-order valence-electron chi connectivity index (χ0n) is 7.50. The second-order valence-corrected chi connectivity index (χ2v) is 2.85. The molecule has 70 valence electrons. The first-order valence-electron chi connectivity index (χ1n) is 4.27. The van der Waals surface area contributed by atoms with Gasteiger partial charge in [-0.05, 0) is 13.8 Å². The molecule has 0 aliphatic carbocycles. The third kappa shape index (κ3) is 2.46. The third-order valence-electron chi connectivity index (χ3n) is 1.71. The van der Waals surface area contributed by atoms with Crippen LogP contribution >= 0.6 is 0 Å². The van der Waals surface area contributed by atoms with E-state index in [1.54, 1.807) is 6.92 Å². The Kier molecular flexibility index (Phi) is 3.49. The lowest BCUT2D eigenvalue weighted by Gasteiger charge is -2.26. The molecule has 0 aromatic carbocycles. The van der Waals surface area contributed by atoms with E-state index >= 15 is 0 Å². The van der Waals surface area contributed by atoms with E-state index in [2.05, 4.69) is 5.32 Å². The summed E-state index contributed by atoms with van der Waals surface area (Å²) in [7, 11) is 0. The zero-order valence-corrected chi connectivity index (χ0v) is 7.50. The van der Waals surface area contributed by atoms with Crippen molar-refractivity contribution in [3.05, 3.63) is 0 Å². The van der Waals surface area contributed by atoms with Crippen molar-refractivity contribution in [2.45, 2.75) is 26.1 Å². The highest BCUT2D eigenvalue weighted by molar-refractivity contribution is 5.75. The second kappa shape index (κ2) is 4.42. The molecule has 1 aliphatic rings. The molecule has 0 aromatic rings. The minimum absolute atomic E-state index is 0.0909. The molecule has 1 saturated heterocycles. The van der Waals surface area contributed by atoms with Gasteiger partial charge in [0.1, 0.15) is 0 Å². The van der Waals surface area contributed by atoms with Gasteiger partial charge >= 0.3 is 5.97 Å². The van der Waals surface area contributed by atoms with Crippen LogP contribution < -0.4 is 5.32 Å². The maximum Gasteiger partial charge on any atom is 0.336 e. The molecule has 0 amide bonds. The number of hydrogen-bond acceptors (Lipinski definition) is 4. The molecule has 4 heteroatoms. The van der Waals surface area contributed by atoms with Gasteiger partial charge in [0.25, 0.3) is 0 Å². The van der Waals surface area contributed by atoms with Crippen LogP contribution in [0.2, 0.25) is 0 Å². The van der Waals surface area contributed by atoms with E-state index < -0.39 is 6.10 Å². The fourth-order valence-electron chi connectivity index (χ4n) is 1.17. The largest absolute Gasteiger partial charge is 0.464 e. The molecule has 1 unspecified atom stereocenters. The van der Waals surface area contributed by atoms with Crippen LogP contribution in [0, 0.1) is 0 Å². The van der Waals surface area contributed by atoms with Gasteiger partial charge in [0.15, 0.2) is 6.10 Å². The van der Waals surface area contributed by atoms with E-state index in [1.807, 2.05) is 6.92 Å². The minimum atomic E-state index is -0.423. The average Bonchev–Trinajstić information content (AvgIpc) is 2.05. The van der Waals surface area contributed by atoms with Gasteiger partial charge in [-0.2, -0.15) is 0 Å².